The van der Waals surface area contributed by atoms with Gasteiger partial charge in [0.25, 0.3) is 0 Å². The molecular formula is C21H29N5OS. The molecule has 1 saturated heterocycles. The average molecular weight is 400 g/mol. The van der Waals surface area contributed by atoms with E-state index < -0.39 is 5.54 Å². The van der Waals surface area contributed by atoms with Crippen LogP contribution in [0.15, 0.2) is 24.3 Å². The lowest BCUT2D eigenvalue weighted by molar-refractivity contribution is -0.123. The van der Waals surface area contributed by atoms with Crippen LogP contribution in [0.25, 0.3) is 0 Å². The van der Waals surface area contributed by atoms with Crippen molar-refractivity contribution in [1.82, 2.24) is 20.8 Å². The highest BCUT2D eigenvalue weighted by Gasteiger charge is 2.38. The number of carbonyl (C=O) groups is 1. The van der Waals surface area contributed by atoms with Gasteiger partial charge in [-0.1, -0.05) is 54.9 Å². The molecule has 4 rings (SSSR count). The third-order valence-electron chi connectivity index (χ3n) is 6.01. The molecule has 1 aliphatic carbocycles. The lowest BCUT2D eigenvalue weighted by Crippen LogP contribution is -2.47. The number of rotatable bonds is 6. The quantitative estimate of drug-likeness (QED) is 0.695. The summed E-state index contributed by atoms with van der Waals surface area (Å²) in [5, 5.41) is 16.2. The highest BCUT2D eigenvalue weighted by molar-refractivity contribution is 7.15. The van der Waals surface area contributed by atoms with Gasteiger partial charge in [0.1, 0.15) is 5.01 Å². The minimum absolute atomic E-state index is 0.0448. The van der Waals surface area contributed by atoms with Gasteiger partial charge in [0.15, 0.2) is 0 Å². The fourth-order valence-corrected chi connectivity index (χ4v) is 5.30. The number of nitrogens with two attached hydrogens (primary N) is 1. The summed E-state index contributed by atoms with van der Waals surface area (Å²) in [6, 6.07) is 8.52. The summed E-state index contributed by atoms with van der Waals surface area (Å²) in [4.78, 5) is 12.8. The molecule has 6 nitrogen and oxygen atoms in total. The van der Waals surface area contributed by atoms with E-state index >= 15 is 0 Å². The highest BCUT2D eigenvalue weighted by atomic mass is 32.1. The van der Waals surface area contributed by atoms with Crippen molar-refractivity contribution in [3.8, 4) is 0 Å². The highest BCUT2D eigenvalue weighted by Crippen LogP contribution is 2.39. The van der Waals surface area contributed by atoms with Crippen molar-refractivity contribution in [2.45, 2.75) is 56.9 Å². The van der Waals surface area contributed by atoms with E-state index in [0.717, 1.165) is 61.7 Å². The third-order valence-corrected chi connectivity index (χ3v) is 6.97. The van der Waals surface area contributed by atoms with Crippen LogP contribution in [0.2, 0.25) is 0 Å². The summed E-state index contributed by atoms with van der Waals surface area (Å²) in [6.45, 7) is 2.24. The first-order valence-corrected chi connectivity index (χ1v) is 11.1. The van der Waals surface area contributed by atoms with E-state index in [2.05, 4.69) is 45.1 Å². The van der Waals surface area contributed by atoms with Crippen LogP contribution in [0.3, 0.4) is 0 Å². The lowest BCUT2D eigenvalue weighted by atomic mass is 9.82. The van der Waals surface area contributed by atoms with Gasteiger partial charge >= 0.3 is 0 Å². The monoisotopic (exact) mass is 399 g/mol. The van der Waals surface area contributed by atoms with Crippen molar-refractivity contribution in [3.05, 3.63) is 40.4 Å². The topological polar surface area (TPSA) is 92.9 Å². The molecule has 0 bridgehead atoms. The second kappa shape index (κ2) is 8.57. The third kappa shape index (κ3) is 4.52. The normalized spacial score (nSPS) is 21.5. The van der Waals surface area contributed by atoms with E-state index in [0.29, 0.717) is 11.6 Å². The zero-order valence-corrected chi connectivity index (χ0v) is 17.1. The number of hydrogen-bond donors (Lipinski definition) is 3. The fraction of sp³-hybridized carbons (Fsp3) is 0.571. The molecule has 0 spiro atoms. The molecule has 2 aliphatic rings. The maximum Gasteiger partial charge on any atom is 0.225 e. The Morgan fingerprint density at radius 1 is 1.18 bits per heavy atom. The molecule has 1 aromatic heterocycles. The van der Waals surface area contributed by atoms with Gasteiger partial charge in [0.05, 0.1) is 12.0 Å². The number of anilines is 1. The fourth-order valence-electron chi connectivity index (χ4n) is 4.49. The molecular weight excluding hydrogens is 370 g/mol. The molecule has 28 heavy (non-hydrogen) atoms. The summed E-state index contributed by atoms with van der Waals surface area (Å²) in [5.41, 5.74) is 7.80. The van der Waals surface area contributed by atoms with Crippen LogP contribution in [0.5, 0.6) is 0 Å². The molecule has 1 unspecified atom stereocenters. The van der Waals surface area contributed by atoms with Crippen LogP contribution in [-0.2, 0) is 23.2 Å². The number of nitrogen functional groups attached to an aromatic ring is 1. The molecule has 1 saturated carbocycles. The smallest absolute Gasteiger partial charge is 0.225 e. The Kier molecular flexibility index (Phi) is 5.92. The van der Waals surface area contributed by atoms with E-state index in [1.165, 1.54) is 29.7 Å². The number of amides is 1. The van der Waals surface area contributed by atoms with Gasteiger partial charge in [0.2, 0.25) is 11.0 Å². The van der Waals surface area contributed by atoms with Crippen LogP contribution >= 0.6 is 11.3 Å². The van der Waals surface area contributed by atoms with Gasteiger partial charge in [-0.15, -0.1) is 10.2 Å². The minimum Gasteiger partial charge on any atom is -0.374 e. The predicted molar refractivity (Wildman–Crippen MR) is 112 cm³/mol. The molecule has 1 aliphatic heterocycles. The largest absolute Gasteiger partial charge is 0.374 e. The maximum atomic E-state index is 12.8. The molecule has 4 N–H and O–H groups in total. The number of hydrogen-bond acceptors (Lipinski definition) is 6. The number of nitrogens with zero attached hydrogens (tertiary/aromatic N) is 2. The number of benzene rings is 1. The van der Waals surface area contributed by atoms with Crippen molar-refractivity contribution < 1.29 is 4.79 Å². The average Bonchev–Trinajstić information content (AvgIpc) is 3.36. The molecule has 2 fully saturated rings. The summed E-state index contributed by atoms with van der Waals surface area (Å²) in [6.07, 6.45) is 7.94. The summed E-state index contributed by atoms with van der Waals surface area (Å²) in [7, 11) is 0. The number of nitrogens with one attached hydrogen (secondary N) is 2. The van der Waals surface area contributed by atoms with E-state index in [4.69, 9.17) is 5.73 Å². The molecule has 150 valence electrons. The van der Waals surface area contributed by atoms with Crippen molar-refractivity contribution >= 4 is 22.4 Å². The van der Waals surface area contributed by atoms with Crippen LogP contribution in [-0.4, -0.2) is 29.2 Å². The second-order valence-electron chi connectivity index (χ2n) is 8.19. The van der Waals surface area contributed by atoms with Crippen molar-refractivity contribution in [2.75, 3.05) is 18.8 Å². The molecule has 0 radical (unpaired) electrons. The molecule has 1 atom stereocenters. The number of carbonyl (C=O) groups excluding carboxylic acids is 1. The van der Waals surface area contributed by atoms with Gasteiger partial charge < -0.3 is 16.4 Å². The van der Waals surface area contributed by atoms with Crippen molar-refractivity contribution in [1.29, 1.82) is 0 Å². The second-order valence-corrected chi connectivity index (χ2v) is 9.20. The van der Waals surface area contributed by atoms with E-state index in [1.807, 2.05) is 0 Å². The SMILES string of the molecule is Nc1nnc(C2(NC(=O)Cc3ccc(CC4CCNC4)cc3)CCCCC2)s1. The Hall–Kier alpha value is -1.99. The first-order valence-electron chi connectivity index (χ1n) is 10.3. The van der Waals surface area contributed by atoms with Gasteiger partial charge in [-0.3, -0.25) is 4.79 Å². The summed E-state index contributed by atoms with van der Waals surface area (Å²) >= 11 is 1.39. The van der Waals surface area contributed by atoms with Crippen molar-refractivity contribution in [2.24, 2.45) is 5.92 Å². The maximum absolute atomic E-state index is 12.8. The van der Waals surface area contributed by atoms with Gasteiger partial charge in [-0.25, -0.2) is 0 Å². The van der Waals surface area contributed by atoms with E-state index in [-0.39, 0.29) is 5.91 Å². The Morgan fingerprint density at radius 3 is 2.57 bits per heavy atom. The lowest BCUT2D eigenvalue weighted by Gasteiger charge is -2.36. The Morgan fingerprint density at radius 2 is 1.93 bits per heavy atom. The first-order chi connectivity index (χ1) is 13.6. The first kappa shape index (κ1) is 19.3. The Bertz CT molecular complexity index is 791. The summed E-state index contributed by atoms with van der Waals surface area (Å²) in [5.74, 6) is 0.781. The minimum atomic E-state index is -0.403. The zero-order chi connectivity index (χ0) is 19.4. The Labute approximate surface area is 170 Å². The standard InChI is InChI=1S/C21H29N5OS/c22-20-26-25-19(28-20)21(9-2-1-3-10-21)24-18(27)13-16-6-4-15(5-7-16)12-17-8-11-23-14-17/h4-7,17,23H,1-3,8-14H2,(H2,22,26)(H,24,27). The Balaban J connectivity index is 1.39. The van der Waals surface area contributed by atoms with Crippen LogP contribution < -0.4 is 16.4 Å². The van der Waals surface area contributed by atoms with Crippen LogP contribution in [0.4, 0.5) is 5.13 Å². The van der Waals surface area contributed by atoms with Crippen LogP contribution in [0, 0.1) is 5.92 Å². The van der Waals surface area contributed by atoms with E-state index in [1.54, 1.807) is 0 Å². The van der Waals surface area contributed by atoms with Crippen molar-refractivity contribution in [3.63, 3.8) is 0 Å². The molecule has 1 aromatic carbocycles. The number of aromatic nitrogens is 2. The van der Waals surface area contributed by atoms with Gasteiger partial charge in [0, 0.05) is 0 Å². The van der Waals surface area contributed by atoms with Crippen LogP contribution in [0.1, 0.15) is 54.7 Å². The molecule has 7 heteroatoms. The molecule has 2 heterocycles. The summed E-state index contributed by atoms with van der Waals surface area (Å²) < 4.78 is 0. The zero-order valence-electron chi connectivity index (χ0n) is 16.2. The molecule has 2 aromatic rings. The molecule has 1 amide bonds. The van der Waals surface area contributed by atoms with E-state index in [9.17, 15) is 4.79 Å². The van der Waals surface area contributed by atoms with Gasteiger partial charge in [-0.05, 0) is 55.8 Å². The predicted octanol–water partition coefficient (Wildman–Crippen LogP) is 2.79. The van der Waals surface area contributed by atoms with Gasteiger partial charge in [-0.2, -0.15) is 0 Å².